The second kappa shape index (κ2) is 8.21. The van der Waals surface area contributed by atoms with Crippen molar-refractivity contribution in [3.63, 3.8) is 0 Å². The molecule has 0 unspecified atom stereocenters. The summed E-state index contributed by atoms with van der Waals surface area (Å²) in [6.45, 7) is 7.56. The predicted octanol–water partition coefficient (Wildman–Crippen LogP) is 2.24. The second-order valence-electron chi connectivity index (χ2n) is 8.44. The molecule has 1 aromatic carbocycles. The summed E-state index contributed by atoms with van der Waals surface area (Å²) in [5.41, 5.74) is 5.17. The molecule has 3 heterocycles. The third kappa shape index (κ3) is 3.62. The van der Waals surface area contributed by atoms with Gasteiger partial charge in [-0.05, 0) is 37.0 Å². The molecule has 7 nitrogen and oxygen atoms in total. The third-order valence-corrected chi connectivity index (χ3v) is 6.82. The molecule has 0 radical (unpaired) electrons. The van der Waals surface area contributed by atoms with E-state index in [9.17, 15) is 4.79 Å². The Bertz CT molecular complexity index is 999. The molecule has 0 N–H and O–H groups in total. The summed E-state index contributed by atoms with van der Waals surface area (Å²) in [6.07, 6.45) is 5.47. The van der Waals surface area contributed by atoms with Crippen LogP contribution in [0.3, 0.4) is 0 Å². The monoisotopic (exact) mass is 419 g/mol. The number of nitrogens with zero attached hydrogens (tertiary/aromatic N) is 5. The van der Waals surface area contributed by atoms with Gasteiger partial charge < -0.3 is 19.4 Å². The van der Waals surface area contributed by atoms with Crippen LogP contribution in [0.1, 0.15) is 23.2 Å². The van der Waals surface area contributed by atoms with E-state index in [0.29, 0.717) is 25.1 Å². The fourth-order valence-electron chi connectivity index (χ4n) is 5.19. The zero-order chi connectivity index (χ0) is 21.4. The summed E-state index contributed by atoms with van der Waals surface area (Å²) in [5, 5.41) is 0. The van der Waals surface area contributed by atoms with Crippen LogP contribution in [0.25, 0.3) is 0 Å². The lowest BCUT2D eigenvalue weighted by atomic mass is 9.90. The number of rotatable bonds is 4. The third-order valence-electron chi connectivity index (χ3n) is 6.82. The van der Waals surface area contributed by atoms with E-state index in [1.165, 1.54) is 22.9 Å². The van der Waals surface area contributed by atoms with Gasteiger partial charge in [-0.25, -0.2) is 0 Å². The van der Waals surface area contributed by atoms with E-state index in [4.69, 9.17) is 14.7 Å². The number of anilines is 2. The highest BCUT2D eigenvalue weighted by atomic mass is 16.5. The second-order valence-corrected chi connectivity index (χ2v) is 8.44. The standard InChI is InChI=1S/C24H29N5O2/c1-3-22(30)27-12-14-28(15-13-27)23-19-9-8-18(16-20(19)25-24(26-23)31-2)29-11-10-17-6-4-5-7-21(17)29/h3-7,18H,1,8-16H2,2H3/t18-/m1/s1. The fourth-order valence-corrected chi connectivity index (χ4v) is 5.19. The van der Waals surface area contributed by atoms with Gasteiger partial charge in [0.15, 0.2) is 0 Å². The van der Waals surface area contributed by atoms with Gasteiger partial charge in [0.05, 0.1) is 12.8 Å². The van der Waals surface area contributed by atoms with Crippen molar-refractivity contribution in [1.29, 1.82) is 0 Å². The van der Waals surface area contributed by atoms with Crippen LogP contribution in [0.15, 0.2) is 36.9 Å². The molecular weight excluding hydrogens is 390 g/mol. The first-order chi connectivity index (χ1) is 15.2. The molecule has 162 valence electrons. The van der Waals surface area contributed by atoms with Gasteiger partial charge in [-0.15, -0.1) is 0 Å². The molecule has 1 fully saturated rings. The van der Waals surface area contributed by atoms with Gasteiger partial charge in [0.1, 0.15) is 5.82 Å². The first kappa shape index (κ1) is 19.8. The average molecular weight is 420 g/mol. The maximum absolute atomic E-state index is 11.9. The van der Waals surface area contributed by atoms with Gasteiger partial charge in [0, 0.05) is 56.4 Å². The Kier molecular flexibility index (Phi) is 5.26. The number of hydrogen-bond donors (Lipinski definition) is 0. The molecule has 2 aliphatic heterocycles. The normalized spacial score (nSPS) is 20.3. The Hall–Kier alpha value is -3.09. The number of carbonyl (C=O) groups excluding carboxylic acids is 1. The number of fused-ring (bicyclic) bond motifs is 2. The number of hydrogen-bond acceptors (Lipinski definition) is 6. The molecule has 1 aromatic heterocycles. The van der Waals surface area contributed by atoms with Crippen molar-refractivity contribution in [3.05, 3.63) is 53.7 Å². The minimum absolute atomic E-state index is 0.00400. The minimum atomic E-state index is -0.00400. The Morgan fingerprint density at radius 3 is 2.71 bits per heavy atom. The number of aromatic nitrogens is 2. The highest BCUT2D eigenvalue weighted by Gasteiger charge is 2.33. The first-order valence-corrected chi connectivity index (χ1v) is 11.1. The molecule has 0 spiro atoms. The van der Waals surface area contributed by atoms with Gasteiger partial charge in [-0.2, -0.15) is 9.97 Å². The van der Waals surface area contributed by atoms with Crippen molar-refractivity contribution in [2.24, 2.45) is 0 Å². The first-order valence-electron chi connectivity index (χ1n) is 11.1. The zero-order valence-electron chi connectivity index (χ0n) is 18.1. The zero-order valence-corrected chi connectivity index (χ0v) is 18.1. The molecule has 5 rings (SSSR count). The number of methoxy groups -OCH3 is 1. The Labute approximate surface area is 183 Å². The van der Waals surface area contributed by atoms with E-state index in [1.807, 2.05) is 4.90 Å². The van der Waals surface area contributed by atoms with E-state index in [-0.39, 0.29) is 5.91 Å². The molecule has 0 saturated carbocycles. The minimum Gasteiger partial charge on any atom is -0.467 e. The molecule has 1 atom stereocenters. The Balaban J connectivity index is 1.39. The van der Waals surface area contributed by atoms with E-state index >= 15 is 0 Å². The quantitative estimate of drug-likeness (QED) is 0.709. The summed E-state index contributed by atoms with van der Waals surface area (Å²) in [4.78, 5) is 28.1. The number of carbonyl (C=O) groups is 1. The van der Waals surface area contributed by atoms with Gasteiger partial charge in [0.2, 0.25) is 5.91 Å². The van der Waals surface area contributed by atoms with Crippen LogP contribution in [-0.2, 0) is 24.1 Å². The van der Waals surface area contributed by atoms with E-state index in [1.54, 1.807) is 7.11 Å². The van der Waals surface area contributed by atoms with Gasteiger partial charge in [0.25, 0.3) is 0 Å². The highest BCUT2D eigenvalue weighted by Crippen LogP contribution is 2.36. The fraction of sp³-hybridized carbons (Fsp3) is 0.458. The maximum Gasteiger partial charge on any atom is 0.318 e. The lowest BCUT2D eigenvalue weighted by Gasteiger charge is -2.38. The summed E-state index contributed by atoms with van der Waals surface area (Å²) in [7, 11) is 1.63. The smallest absolute Gasteiger partial charge is 0.318 e. The Morgan fingerprint density at radius 1 is 1.13 bits per heavy atom. The molecule has 0 bridgehead atoms. The molecule has 3 aliphatic rings. The van der Waals surface area contributed by atoms with E-state index < -0.39 is 0 Å². The van der Waals surface area contributed by atoms with Crippen LogP contribution in [0.4, 0.5) is 11.5 Å². The average Bonchev–Trinajstić information content (AvgIpc) is 3.26. The Morgan fingerprint density at radius 2 is 1.94 bits per heavy atom. The molecule has 2 aromatic rings. The van der Waals surface area contributed by atoms with Crippen molar-refractivity contribution < 1.29 is 9.53 Å². The lowest BCUT2D eigenvalue weighted by Crippen LogP contribution is -2.49. The van der Waals surface area contributed by atoms with Crippen molar-refractivity contribution in [2.45, 2.75) is 31.7 Å². The molecule has 1 aliphatic carbocycles. The number of para-hydroxylation sites is 1. The lowest BCUT2D eigenvalue weighted by molar-refractivity contribution is -0.126. The summed E-state index contributed by atoms with van der Waals surface area (Å²) in [5.74, 6) is 0.975. The largest absolute Gasteiger partial charge is 0.467 e. The van der Waals surface area contributed by atoms with Crippen LogP contribution in [0.2, 0.25) is 0 Å². The SMILES string of the molecule is C=CC(=O)N1CCN(c2nc(OC)nc3c2CC[C@@H](N2CCc4ccccc42)C3)CC1. The molecule has 7 heteroatoms. The van der Waals surface area contributed by atoms with E-state index in [2.05, 4.69) is 40.6 Å². The topological polar surface area (TPSA) is 61.8 Å². The predicted molar refractivity (Wildman–Crippen MR) is 121 cm³/mol. The van der Waals surface area contributed by atoms with Crippen LogP contribution >= 0.6 is 0 Å². The number of amides is 1. The maximum atomic E-state index is 11.9. The number of piperazine rings is 1. The van der Waals surface area contributed by atoms with E-state index in [0.717, 1.165) is 56.8 Å². The summed E-state index contributed by atoms with van der Waals surface area (Å²) in [6, 6.07) is 9.63. The van der Waals surface area contributed by atoms with Crippen molar-refractivity contribution in [2.75, 3.05) is 49.6 Å². The van der Waals surface area contributed by atoms with Crippen molar-refractivity contribution in [3.8, 4) is 6.01 Å². The van der Waals surface area contributed by atoms with Gasteiger partial charge in [-0.1, -0.05) is 24.8 Å². The van der Waals surface area contributed by atoms with Crippen LogP contribution in [0, 0.1) is 0 Å². The summed E-state index contributed by atoms with van der Waals surface area (Å²) < 4.78 is 5.47. The van der Waals surface area contributed by atoms with Gasteiger partial charge in [-0.3, -0.25) is 4.79 Å². The van der Waals surface area contributed by atoms with Crippen LogP contribution < -0.4 is 14.5 Å². The van der Waals surface area contributed by atoms with Crippen LogP contribution in [0.5, 0.6) is 6.01 Å². The molecular formula is C24H29N5O2. The number of benzene rings is 1. The molecule has 1 saturated heterocycles. The van der Waals surface area contributed by atoms with Crippen LogP contribution in [-0.4, -0.2) is 66.7 Å². The van der Waals surface area contributed by atoms with Crippen molar-refractivity contribution >= 4 is 17.4 Å². The summed E-state index contributed by atoms with van der Waals surface area (Å²) >= 11 is 0. The van der Waals surface area contributed by atoms with Crippen molar-refractivity contribution in [1.82, 2.24) is 14.9 Å². The highest BCUT2D eigenvalue weighted by molar-refractivity contribution is 5.87. The number of ether oxygens (including phenoxy) is 1. The van der Waals surface area contributed by atoms with Gasteiger partial charge >= 0.3 is 6.01 Å². The molecule has 31 heavy (non-hydrogen) atoms. The molecule has 1 amide bonds.